The Bertz CT molecular complexity index is 748. The van der Waals surface area contributed by atoms with Gasteiger partial charge in [0, 0.05) is 0 Å². The SMILES string of the molecule is CCOc1cc(C=C2C(=O)NC(=O)NC2=O)ccc1O[C@H](C)C(=O)O. The van der Waals surface area contributed by atoms with Crippen LogP contribution in [0.4, 0.5) is 4.79 Å². The van der Waals surface area contributed by atoms with Gasteiger partial charge in [0.25, 0.3) is 11.8 Å². The summed E-state index contributed by atoms with van der Waals surface area (Å²) in [4.78, 5) is 45.4. The average molecular weight is 348 g/mol. The van der Waals surface area contributed by atoms with E-state index < -0.39 is 29.9 Å². The summed E-state index contributed by atoms with van der Waals surface area (Å²) in [6.45, 7) is 3.41. The van der Waals surface area contributed by atoms with Crippen LogP contribution in [0.1, 0.15) is 19.4 Å². The minimum Gasteiger partial charge on any atom is -0.490 e. The molecular weight excluding hydrogens is 332 g/mol. The molecule has 0 spiro atoms. The third-order valence-electron chi connectivity index (χ3n) is 3.17. The lowest BCUT2D eigenvalue weighted by Gasteiger charge is -2.16. The third kappa shape index (κ3) is 4.34. The third-order valence-corrected chi connectivity index (χ3v) is 3.17. The zero-order chi connectivity index (χ0) is 18.6. The first-order chi connectivity index (χ1) is 11.8. The Kier molecular flexibility index (Phi) is 5.38. The lowest BCUT2D eigenvalue weighted by atomic mass is 10.1. The van der Waals surface area contributed by atoms with Crippen molar-refractivity contribution in [2.45, 2.75) is 20.0 Å². The van der Waals surface area contributed by atoms with Gasteiger partial charge in [0.1, 0.15) is 5.57 Å². The highest BCUT2D eigenvalue weighted by Crippen LogP contribution is 2.30. The molecule has 1 atom stereocenters. The molecule has 1 aliphatic rings. The molecule has 132 valence electrons. The number of carbonyl (C=O) groups is 4. The van der Waals surface area contributed by atoms with Crippen molar-refractivity contribution in [2.75, 3.05) is 6.61 Å². The monoisotopic (exact) mass is 348 g/mol. The fraction of sp³-hybridized carbons (Fsp3) is 0.250. The Labute approximate surface area is 142 Å². The summed E-state index contributed by atoms with van der Waals surface area (Å²) < 4.78 is 10.7. The topological polar surface area (TPSA) is 131 Å². The summed E-state index contributed by atoms with van der Waals surface area (Å²) in [5.74, 6) is -2.28. The van der Waals surface area contributed by atoms with Gasteiger partial charge in [-0.25, -0.2) is 9.59 Å². The molecule has 1 aromatic rings. The minimum atomic E-state index is -1.13. The summed E-state index contributed by atoms with van der Waals surface area (Å²) in [5, 5.41) is 12.9. The second-order valence-corrected chi connectivity index (χ2v) is 5.03. The van der Waals surface area contributed by atoms with Gasteiger partial charge in [0.15, 0.2) is 17.6 Å². The van der Waals surface area contributed by atoms with E-state index in [-0.39, 0.29) is 17.1 Å². The van der Waals surface area contributed by atoms with Gasteiger partial charge in [-0.15, -0.1) is 0 Å². The first-order valence-electron chi connectivity index (χ1n) is 7.36. The van der Waals surface area contributed by atoms with E-state index in [1.807, 2.05) is 10.6 Å². The number of imide groups is 2. The van der Waals surface area contributed by atoms with Crippen molar-refractivity contribution in [2.24, 2.45) is 0 Å². The van der Waals surface area contributed by atoms with Crippen molar-refractivity contribution in [3.63, 3.8) is 0 Å². The number of hydrogen-bond donors (Lipinski definition) is 3. The Morgan fingerprint density at radius 1 is 1.20 bits per heavy atom. The van der Waals surface area contributed by atoms with Crippen molar-refractivity contribution in [1.82, 2.24) is 10.6 Å². The highest BCUT2D eigenvalue weighted by Gasteiger charge is 2.27. The maximum absolute atomic E-state index is 11.7. The minimum absolute atomic E-state index is 0.214. The Morgan fingerprint density at radius 2 is 1.84 bits per heavy atom. The zero-order valence-electron chi connectivity index (χ0n) is 13.5. The molecule has 1 heterocycles. The first-order valence-corrected chi connectivity index (χ1v) is 7.36. The molecule has 0 aromatic heterocycles. The summed E-state index contributed by atoms with van der Waals surface area (Å²) in [6.07, 6.45) is 0.202. The molecule has 0 aliphatic carbocycles. The Morgan fingerprint density at radius 3 is 2.40 bits per heavy atom. The number of hydrogen-bond acceptors (Lipinski definition) is 6. The lowest BCUT2D eigenvalue weighted by molar-refractivity contribution is -0.144. The average Bonchev–Trinajstić information content (AvgIpc) is 2.53. The van der Waals surface area contributed by atoms with Gasteiger partial charge in [0.2, 0.25) is 0 Å². The molecule has 1 fully saturated rings. The number of urea groups is 1. The molecule has 4 amide bonds. The van der Waals surface area contributed by atoms with E-state index in [2.05, 4.69) is 0 Å². The van der Waals surface area contributed by atoms with Crippen molar-refractivity contribution in [1.29, 1.82) is 0 Å². The number of benzene rings is 1. The second kappa shape index (κ2) is 7.47. The quantitative estimate of drug-likeness (QED) is 0.509. The van der Waals surface area contributed by atoms with Crippen LogP contribution in [0.2, 0.25) is 0 Å². The van der Waals surface area contributed by atoms with E-state index >= 15 is 0 Å². The molecule has 1 saturated heterocycles. The number of carboxylic acids is 1. The molecular formula is C16H16N2O7. The number of nitrogens with one attached hydrogen (secondary N) is 2. The van der Waals surface area contributed by atoms with E-state index in [9.17, 15) is 19.2 Å². The largest absolute Gasteiger partial charge is 0.490 e. The van der Waals surface area contributed by atoms with Crippen molar-refractivity contribution >= 4 is 29.9 Å². The van der Waals surface area contributed by atoms with Crippen LogP contribution in [0.3, 0.4) is 0 Å². The van der Waals surface area contributed by atoms with Crippen LogP contribution in [0.25, 0.3) is 6.08 Å². The molecule has 1 aliphatic heterocycles. The highest BCUT2D eigenvalue weighted by atomic mass is 16.5. The molecule has 0 saturated carbocycles. The van der Waals surface area contributed by atoms with Gasteiger partial charge in [-0.05, 0) is 37.6 Å². The molecule has 0 radical (unpaired) electrons. The van der Waals surface area contributed by atoms with Crippen molar-refractivity contribution in [3.05, 3.63) is 29.3 Å². The summed E-state index contributed by atoms with van der Waals surface area (Å²) in [6, 6.07) is 3.61. The van der Waals surface area contributed by atoms with Gasteiger partial charge in [-0.3, -0.25) is 20.2 Å². The number of ether oxygens (including phenoxy) is 2. The second-order valence-electron chi connectivity index (χ2n) is 5.03. The number of amides is 4. The highest BCUT2D eigenvalue weighted by molar-refractivity contribution is 6.31. The molecule has 3 N–H and O–H groups in total. The Hall–Kier alpha value is -3.36. The van der Waals surface area contributed by atoms with Crippen LogP contribution in [0.15, 0.2) is 23.8 Å². The van der Waals surface area contributed by atoms with Crippen LogP contribution in [-0.2, 0) is 14.4 Å². The normalized spacial score (nSPS) is 15.1. The van der Waals surface area contributed by atoms with E-state index in [1.165, 1.54) is 31.2 Å². The maximum Gasteiger partial charge on any atom is 0.344 e. The zero-order valence-corrected chi connectivity index (χ0v) is 13.5. The Balaban J connectivity index is 2.33. The van der Waals surface area contributed by atoms with Gasteiger partial charge in [0.05, 0.1) is 6.61 Å². The first kappa shape index (κ1) is 18.0. The molecule has 9 nitrogen and oxygen atoms in total. The summed E-state index contributed by atoms with van der Waals surface area (Å²) in [7, 11) is 0. The molecule has 25 heavy (non-hydrogen) atoms. The van der Waals surface area contributed by atoms with Gasteiger partial charge in [-0.1, -0.05) is 6.07 Å². The van der Waals surface area contributed by atoms with Crippen molar-refractivity contribution < 1.29 is 33.8 Å². The molecule has 1 aromatic carbocycles. The standard InChI is InChI=1S/C16H16N2O7/c1-3-24-12-7-9(4-5-11(12)25-8(2)15(21)22)6-10-13(19)17-16(23)18-14(10)20/h4-8H,3H2,1-2H3,(H,21,22)(H2,17,18,19,20,23)/t8-/m1/s1. The van der Waals surface area contributed by atoms with E-state index in [4.69, 9.17) is 14.6 Å². The maximum atomic E-state index is 11.7. The van der Waals surface area contributed by atoms with Gasteiger partial charge >= 0.3 is 12.0 Å². The number of carboxylic acid groups (broad SMARTS) is 1. The van der Waals surface area contributed by atoms with E-state index in [0.29, 0.717) is 12.2 Å². The summed E-state index contributed by atoms with van der Waals surface area (Å²) >= 11 is 0. The van der Waals surface area contributed by atoms with Crippen molar-refractivity contribution in [3.8, 4) is 11.5 Å². The van der Waals surface area contributed by atoms with E-state index in [0.717, 1.165) is 0 Å². The van der Waals surface area contributed by atoms with Crippen LogP contribution in [0, 0.1) is 0 Å². The molecule has 0 bridgehead atoms. The smallest absolute Gasteiger partial charge is 0.344 e. The van der Waals surface area contributed by atoms with Crippen LogP contribution in [0.5, 0.6) is 11.5 Å². The molecule has 9 heteroatoms. The van der Waals surface area contributed by atoms with Crippen LogP contribution < -0.4 is 20.1 Å². The number of aliphatic carboxylic acids is 1. The fourth-order valence-electron chi connectivity index (χ4n) is 1.99. The number of barbiturate groups is 1. The predicted molar refractivity (Wildman–Crippen MR) is 85.0 cm³/mol. The lowest BCUT2D eigenvalue weighted by Crippen LogP contribution is -2.51. The van der Waals surface area contributed by atoms with Crippen LogP contribution in [-0.4, -0.2) is 41.6 Å². The molecule has 2 rings (SSSR count). The van der Waals surface area contributed by atoms with Gasteiger partial charge < -0.3 is 14.6 Å². The fourth-order valence-corrected chi connectivity index (χ4v) is 1.99. The molecule has 0 unspecified atom stereocenters. The predicted octanol–water partition coefficient (Wildman–Crippen LogP) is 0.687. The number of carbonyl (C=O) groups excluding carboxylic acids is 3. The van der Waals surface area contributed by atoms with Gasteiger partial charge in [-0.2, -0.15) is 0 Å². The van der Waals surface area contributed by atoms with E-state index in [1.54, 1.807) is 6.92 Å². The summed E-state index contributed by atoms with van der Waals surface area (Å²) in [5.41, 5.74) is 0.197. The number of rotatable bonds is 6. The van der Waals surface area contributed by atoms with Crippen LogP contribution >= 0.6 is 0 Å².